The Bertz CT molecular complexity index is 794. The van der Waals surface area contributed by atoms with Crippen molar-refractivity contribution in [3.8, 4) is 5.75 Å². The van der Waals surface area contributed by atoms with E-state index in [2.05, 4.69) is 53.9 Å². The minimum Gasteiger partial charge on any atom is -0.507 e. The average Bonchev–Trinajstić information content (AvgIpc) is 2.71. The summed E-state index contributed by atoms with van der Waals surface area (Å²) in [6, 6.07) is 5.90. The zero-order chi connectivity index (χ0) is 22.6. The van der Waals surface area contributed by atoms with E-state index in [4.69, 9.17) is 5.11 Å². The standard InChI is InChI=1S/C25H36INO4/c1-25(2)17-13-20(25)19(7-5-3-4-6-8-24(30)31)22(14-17)27-15-18(28)11-16-9-10-23(29)21(26)12-16/h3,5,9-10,12,17-20,22,27-29H,4,6-8,11,13-15H2,1-2H3,(H,30,31)/b5-3-/t17-,18+,19+,20+,22+/m1/s1. The Hall–Kier alpha value is -1.12. The highest BCUT2D eigenvalue weighted by Gasteiger charge is 2.56. The number of aliphatic hydroxyl groups is 1. The molecule has 0 radical (unpaired) electrons. The lowest BCUT2D eigenvalue weighted by molar-refractivity contribution is -0.137. The molecule has 0 amide bonds. The molecule has 0 heterocycles. The minimum atomic E-state index is -0.729. The molecular weight excluding hydrogens is 505 g/mol. The molecule has 3 fully saturated rings. The van der Waals surface area contributed by atoms with E-state index in [9.17, 15) is 15.0 Å². The lowest BCUT2D eigenvalue weighted by Gasteiger charge is -2.63. The largest absolute Gasteiger partial charge is 0.507 e. The predicted molar refractivity (Wildman–Crippen MR) is 131 cm³/mol. The summed E-state index contributed by atoms with van der Waals surface area (Å²) in [4.78, 5) is 10.7. The topological polar surface area (TPSA) is 89.8 Å². The third-order valence-corrected chi connectivity index (χ3v) is 8.42. The number of aromatic hydroxyl groups is 1. The molecule has 0 saturated heterocycles. The molecule has 2 bridgehead atoms. The summed E-state index contributed by atoms with van der Waals surface area (Å²) >= 11 is 2.11. The van der Waals surface area contributed by atoms with Gasteiger partial charge in [0.25, 0.3) is 0 Å². The number of benzene rings is 1. The van der Waals surface area contributed by atoms with Gasteiger partial charge in [-0.15, -0.1) is 0 Å². The lowest BCUT2D eigenvalue weighted by Crippen LogP contribution is -2.61. The molecule has 4 N–H and O–H groups in total. The van der Waals surface area contributed by atoms with Gasteiger partial charge in [-0.25, -0.2) is 0 Å². The van der Waals surface area contributed by atoms with Gasteiger partial charge in [-0.2, -0.15) is 0 Å². The van der Waals surface area contributed by atoms with Crippen molar-refractivity contribution < 1.29 is 20.1 Å². The van der Waals surface area contributed by atoms with E-state index in [0.717, 1.165) is 34.3 Å². The maximum Gasteiger partial charge on any atom is 0.303 e. The molecular formula is C25H36INO4. The van der Waals surface area contributed by atoms with Gasteiger partial charge >= 0.3 is 5.97 Å². The van der Waals surface area contributed by atoms with Gasteiger partial charge < -0.3 is 20.6 Å². The summed E-state index contributed by atoms with van der Waals surface area (Å²) < 4.78 is 0.806. The van der Waals surface area contributed by atoms with Crippen LogP contribution < -0.4 is 5.32 Å². The Balaban J connectivity index is 1.52. The van der Waals surface area contributed by atoms with Gasteiger partial charge in [-0.3, -0.25) is 4.79 Å². The van der Waals surface area contributed by atoms with Crippen LogP contribution in [0.25, 0.3) is 0 Å². The van der Waals surface area contributed by atoms with Crippen LogP contribution >= 0.6 is 22.6 Å². The van der Waals surface area contributed by atoms with Crippen molar-refractivity contribution in [3.63, 3.8) is 0 Å². The molecule has 31 heavy (non-hydrogen) atoms. The van der Waals surface area contributed by atoms with Crippen molar-refractivity contribution in [2.75, 3.05) is 6.54 Å². The molecule has 1 aromatic carbocycles. The number of carboxylic acid groups (broad SMARTS) is 1. The van der Waals surface area contributed by atoms with E-state index in [1.807, 2.05) is 12.1 Å². The maximum atomic E-state index is 10.7. The van der Waals surface area contributed by atoms with Gasteiger partial charge in [0.05, 0.1) is 9.67 Å². The van der Waals surface area contributed by atoms with Gasteiger partial charge in [0.2, 0.25) is 0 Å². The number of halogens is 1. The van der Waals surface area contributed by atoms with Gasteiger partial charge in [0, 0.05) is 19.0 Å². The second-order valence-electron chi connectivity index (χ2n) is 9.91. The third kappa shape index (κ3) is 6.23. The number of phenols is 1. The van der Waals surface area contributed by atoms with E-state index < -0.39 is 12.1 Å². The molecule has 0 spiro atoms. The molecule has 5 atom stereocenters. The second-order valence-corrected chi connectivity index (χ2v) is 11.1. The summed E-state index contributed by atoms with van der Waals surface area (Å²) in [5.41, 5.74) is 1.42. The number of fused-ring (bicyclic) bond motifs is 2. The first kappa shape index (κ1) is 24.5. The summed E-state index contributed by atoms with van der Waals surface area (Å²) in [5.74, 6) is 1.55. The number of unbranched alkanes of at least 4 members (excludes halogenated alkanes) is 1. The van der Waals surface area contributed by atoms with Crippen molar-refractivity contribution in [2.24, 2.45) is 23.2 Å². The van der Waals surface area contributed by atoms with Crippen LogP contribution in [0.15, 0.2) is 30.4 Å². The van der Waals surface area contributed by atoms with Gasteiger partial charge in [-0.1, -0.05) is 32.1 Å². The normalized spacial score (nSPS) is 27.7. The van der Waals surface area contributed by atoms with Crippen molar-refractivity contribution >= 4 is 28.6 Å². The number of carboxylic acids is 1. The number of nitrogens with one attached hydrogen (secondary N) is 1. The Kier molecular flexibility index (Phi) is 8.44. The summed E-state index contributed by atoms with van der Waals surface area (Å²) in [6.07, 6.45) is 9.70. The number of carbonyl (C=O) groups is 1. The molecule has 1 aromatic rings. The van der Waals surface area contributed by atoms with Crippen molar-refractivity contribution in [2.45, 2.75) is 70.9 Å². The molecule has 0 aliphatic heterocycles. The maximum absolute atomic E-state index is 10.7. The third-order valence-electron chi connectivity index (χ3n) is 7.55. The van der Waals surface area contributed by atoms with Crippen molar-refractivity contribution in [3.05, 3.63) is 39.5 Å². The first-order valence-corrected chi connectivity index (χ1v) is 12.5. The first-order valence-electron chi connectivity index (χ1n) is 11.4. The molecule has 172 valence electrons. The van der Waals surface area contributed by atoms with E-state index in [1.54, 1.807) is 6.07 Å². The molecule has 5 nitrogen and oxygen atoms in total. The summed E-state index contributed by atoms with van der Waals surface area (Å²) in [5, 5.41) is 32.7. The zero-order valence-electron chi connectivity index (χ0n) is 18.6. The number of hydrogen-bond acceptors (Lipinski definition) is 4. The van der Waals surface area contributed by atoms with Crippen LogP contribution in [0.4, 0.5) is 0 Å². The van der Waals surface area contributed by atoms with Crippen molar-refractivity contribution in [1.29, 1.82) is 0 Å². The van der Waals surface area contributed by atoms with Gasteiger partial charge in [0.1, 0.15) is 5.75 Å². The van der Waals surface area contributed by atoms with Gasteiger partial charge in [-0.05, 0) is 102 Å². The number of aliphatic carboxylic acids is 1. The fourth-order valence-corrected chi connectivity index (χ4v) is 6.14. The van der Waals surface area contributed by atoms with Crippen LogP contribution in [-0.2, 0) is 11.2 Å². The van der Waals surface area contributed by atoms with Crippen molar-refractivity contribution in [1.82, 2.24) is 5.32 Å². The Morgan fingerprint density at radius 1 is 1.32 bits per heavy atom. The predicted octanol–water partition coefficient (Wildman–Crippen LogP) is 4.74. The quantitative estimate of drug-likeness (QED) is 0.185. The zero-order valence-corrected chi connectivity index (χ0v) is 20.7. The SMILES string of the molecule is CC1(C)[C@H]2C[C@H](NC[C@@H](O)Cc3ccc(O)c(I)c3)[C@@H](C/C=C\CCCC(=O)O)[C@@H]1C2. The Labute approximate surface area is 199 Å². The number of phenolic OH excluding ortho intramolecular Hbond substituents is 1. The highest BCUT2D eigenvalue weighted by Crippen LogP contribution is 2.62. The van der Waals surface area contributed by atoms with E-state index in [0.29, 0.717) is 42.7 Å². The van der Waals surface area contributed by atoms with Gasteiger partial charge in [0.15, 0.2) is 0 Å². The lowest BCUT2D eigenvalue weighted by atomic mass is 9.44. The van der Waals surface area contributed by atoms with Crippen LogP contribution in [0.1, 0.15) is 57.9 Å². The molecule has 0 unspecified atom stereocenters. The van der Waals surface area contributed by atoms with Crippen LogP contribution in [0.2, 0.25) is 0 Å². The summed E-state index contributed by atoms with van der Waals surface area (Å²) in [7, 11) is 0. The monoisotopic (exact) mass is 541 g/mol. The Morgan fingerprint density at radius 3 is 2.77 bits per heavy atom. The average molecular weight is 541 g/mol. The van der Waals surface area contributed by atoms with E-state index in [1.165, 1.54) is 6.42 Å². The number of hydrogen-bond donors (Lipinski definition) is 4. The van der Waals surface area contributed by atoms with Crippen LogP contribution in [0.5, 0.6) is 5.75 Å². The highest BCUT2D eigenvalue weighted by atomic mass is 127. The van der Waals surface area contributed by atoms with Crippen LogP contribution in [0, 0.1) is 26.7 Å². The molecule has 0 aromatic heterocycles. The minimum absolute atomic E-state index is 0.229. The number of allylic oxidation sites excluding steroid dienone is 2. The van der Waals surface area contributed by atoms with Crippen LogP contribution in [-0.4, -0.2) is 40.0 Å². The number of aliphatic hydroxyl groups excluding tert-OH is 1. The van der Waals surface area contributed by atoms with Crippen LogP contribution in [0.3, 0.4) is 0 Å². The molecule has 3 saturated carbocycles. The fraction of sp³-hybridized carbons (Fsp3) is 0.640. The number of rotatable bonds is 11. The smallest absolute Gasteiger partial charge is 0.303 e. The molecule has 4 rings (SSSR count). The first-order chi connectivity index (χ1) is 14.7. The summed E-state index contributed by atoms with van der Waals surface area (Å²) in [6.45, 7) is 5.36. The molecule has 3 aliphatic rings. The molecule has 3 aliphatic carbocycles. The fourth-order valence-electron chi connectivity index (χ4n) is 5.56. The molecule has 6 heteroatoms. The Morgan fingerprint density at radius 2 is 2.10 bits per heavy atom. The second kappa shape index (κ2) is 10.7. The van der Waals surface area contributed by atoms with E-state index >= 15 is 0 Å². The highest BCUT2D eigenvalue weighted by molar-refractivity contribution is 14.1. The van der Waals surface area contributed by atoms with E-state index in [-0.39, 0.29) is 12.2 Å².